The van der Waals surface area contributed by atoms with E-state index in [-0.39, 0.29) is 5.82 Å². The number of carbonyl (C=O) groups is 1. The van der Waals surface area contributed by atoms with Gasteiger partial charge in [0.25, 0.3) is 0 Å². The van der Waals surface area contributed by atoms with E-state index in [0.29, 0.717) is 18.4 Å². The predicted octanol–water partition coefficient (Wildman–Crippen LogP) is 3.93. The highest BCUT2D eigenvalue weighted by Gasteiger charge is 2.25. The number of fused-ring (bicyclic) bond motifs is 1. The largest absolute Gasteiger partial charge is 0.366 e. The van der Waals surface area contributed by atoms with Crippen molar-refractivity contribution in [2.45, 2.75) is 26.7 Å². The van der Waals surface area contributed by atoms with Crippen LogP contribution in [0.15, 0.2) is 47.1 Å². The second-order valence-corrected chi connectivity index (χ2v) is 5.94. The molecular weight excluding hydrogens is 277 g/mol. The topological polar surface area (TPSA) is 43.1 Å². The first-order valence-corrected chi connectivity index (χ1v) is 7.28. The lowest BCUT2D eigenvalue weighted by Crippen LogP contribution is -2.18. The molecule has 0 radical (unpaired) electrons. The van der Waals surface area contributed by atoms with Crippen LogP contribution in [-0.4, -0.2) is 5.91 Å². The van der Waals surface area contributed by atoms with Crippen molar-refractivity contribution in [1.82, 2.24) is 0 Å². The van der Waals surface area contributed by atoms with Gasteiger partial charge in [-0.25, -0.2) is 4.39 Å². The molecule has 22 heavy (non-hydrogen) atoms. The van der Waals surface area contributed by atoms with Crippen LogP contribution < -0.4 is 5.73 Å². The molecule has 2 aliphatic rings. The summed E-state index contributed by atoms with van der Waals surface area (Å²) in [5.41, 5.74) is 12.3. The number of hydrogen-bond acceptors (Lipinski definition) is 1. The third-order valence-corrected chi connectivity index (χ3v) is 4.37. The zero-order chi connectivity index (χ0) is 16.0. The maximum absolute atomic E-state index is 14.1. The van der Waals surface area contributed by atoms with E-state index in [4.69, 9.17) is 5.73 Å². The summed E-state index contributed by atoms with van der Waals surface area (Å²) >= 11 is 0. The smallest absolute Gasteiger partial charge is 0.248 e. The normalized spacial score (nSPS) is 17.3. The van der Waals surface area contributed by atoms with Gasteiger partial charge in [-0.05, 0) is 66.2 Å². The quantitative estimate of drug-likeness (QED) is 0.882. The van der Waals surface area contributed by atoms with Gasteiger partial charge in [-0.1, -0.05) is 30.4 Å². The number of primary amides is 1. The SMILES string of the molecule is C=C1CC=C(C(N)=O)C(C)=C1c1ccc(F)c2c1C=C(C)C2. The van der Waals surface area contributed by atoms with Crippen molar-refractivity contribution in [2.24, 2.45) is 5.73 Å². The molecule has 0 unspecified atom stereocenters. The van der Waals surface area contributed by atoms with Crippen molar-refractivity contribution >= 4 is 17.6 Å². The molecule has 2 nitrogen and oxygen atoms in total. The molecule has 0 saturated carbocycles. The van der Waals surface area contributed by atoms with Gasteiger partial charge in [0.1, 0.15) is 5.82 Å². The lowest BCUT2D eigenvalue weighted by Gasteiger charge is -2.22. The molecule has 0 atom stereocenters. The van der Waals surface area contributed by atoms with Crippen LogP contribution >= 0.6 is 0 Å². The van der Waals surface area contributed by atoms with E-state index in [1.807, 2.05) is 26.0 Å². The van der Waals surface area contributed by atoms with Crippen LogP contribution in [0.4, 0.5) is 4.39 Å². The molecule has 0 aromatic heterocycles. The highest BCUT2D eigenvalue weighted by Crippen LogP contribution is 2.40. The van der Waals surface area contributed by atoms with E-state index in [2.05, 4.69) is 6.58 Å². The summed E-state index contributed by atoms with van der Waals surface area (Å²) in [5, 5.41) is 0. The maximum atomic E-state index is 14.1. The Balaban J connectivity index is 2.26. The number of amides is 1. The Morgan fingerprint density at radius 1 is 1.32 bits per heavy atom. The minimum absolute atomic E-state index is 0.183. The van der Waals surface area contributed by atoms with Crippen molar-refractivity contribution in [3.63, 3.8) is 0 Å². The van der Waals surface area contributed by atoms with Gasteiger partial charge in [-0.15, -0.1) is 0 Å². The Bertz CT molecular complexity index is 809. The minimum atomic E-state index is -0.437. The first-order valence-electron chi connectivity index (χ1n) is 7.28. The van der Waals surface area contributed by atoms with Crippen LogP contribution in [0.5, 0.6) is 0 Å². The van der Waals surface area contributed by atoms with Gasteiger partial charge in [-0.3, -0.25) is 4.79 Å². The second kappa shape index (κ2) is 5.09. The monoisotopic (exact) mass is 295 g/mol. The molecule has 0 aliphatic heterocycles. The van der Waals surface area contributed by atoms with Gasteiger partial charge < -0.3 is 5.73 Å². The number of rotatable bonds is 2. The Morgan fingerprint density at radius 3 is 2.73 bits per heavy atom. The fourth-order valence-corrected chi connectivity index (χ4v) is 3.33. The summed E-state index contributed by atoms with van der Waals surface area (Å²) in [5.74, 6) is -0.620. The van der Waals surface area contributed by atoms with Gasteiger partial charge in [0.15, 0.2) is 0 Å². The van der Waals surface area contributed by atoms with E-state index in [9.17, 15) is 9.18 Å². The van der Waals surface area contributed by atoms with Gasteiger partial charge >= 0.3 is 0 Å². The Kier molecular flexibility index (Phi) is 3.36. The van der Waals surface area contributed by atoms with Crippen LogP contribution in [0, 0.1) is 5.82 Å². The third-order valence-electron chi connectivity index (χ3n) is 4.37. The highest BCUT2D eigenvalue weighted by molar-refractivity contribution is 6.03. The van der Waals surface area contributed by atoms with Crippen molar-refractivity contribution < 1.29 is 9.18 Å². The molecule has 3 heteroatoms. The molecule has 2 N–H and O–H groups in total. The van der Waals surface area contributed by atoms with Gasteiger partial charge in [0, 0.05) is 5.57 Å². The molecule has 2 aliphatic carbocycles. The summed E-state index contributed by atoms with van der Waals surface area (Å²) in [6.07, 6.45) is 5.05. The Labute approximate surface area is 129 Å². The van der Waals surface area contributed by atoms with E-state index in [0.717, 1.165) is 39.0 Å². The summed E-state index contributed by atoms with van der Waals surface area (Å²) < 4.78 is 14.1. The van der Waals surface area contributed by atoms with Crippen LogP contribution in [-0.2, 0) is 11.2 Å². The minimum Gasteiger partial charge on any atom is -0.366 e. The number of hydrogen-bond donors (Lipinski definition) is 1. The Morgan fingerprint density at radius 2 is 2.05 bits per heavy atom. The number of benzene rings is 1. The van der Waals surface area contributed by atoms with Gasteiger partial charge in [0.05, 0.1) is 0 Å². The lowest BCUT2D eigenvalue weighted by atomic mass is 9.82. The van der Waals surface area contributed by atoms with Crippen LogP contribution in [0.25, 0.3) is 11.6 Å². The Hall–Kier alpha value is -2.42. The number of nitrogens with two attached hydrogens (primary N) is 1. The first kappa shape index (κ1) is 14.5. The molecule has 1 amide bonds. The van der Waals surface area contributed by atoms with E-state index in [1.54, 1.807) is 6.07 Å². The van der Waals surface area contributed by atoms with Crippen molar-refractivity contribution in [1.29, 1.82) is 0 Å². The summed E-state index contributed by atoms with van der Waals surface area (Å²) in [6.45, 7) is 7.98. The lowest BCUT2D eigenvalue weighted by molar-refractivity contribution is -0.114. The molecule has 1 aromatic rings. The van der Waals surface area contributed by atoms with Crippen molar-refractivity contribution in [3.8, 4) is 0 Å². The molecule has 0 heterocycles. The summed E-state index contributed by atoms with van der Waals surface area (Å²) in [7, 11) is 0. The fraction of sp³-hybridized carbons (Fsp3) is 0.211. The summed E-state index contributed by atoms with van der Waals surface area (Å²) in [6, 6.07) is 3.27. The first-order chi connectivity index (χ1) is 10.4. The molecular formula is C19H18FNO. The summed E-state index contributed by atoms with van der Waals surface area (Å²) in [4.78, 5) is 11.6. The van der Waals surface area contributed by atoms with Crippen LogP contribution in [0.3, 0.4) is 0 Å². The number of carbonyl (C=O) groups excluding carboxylic acids is 1. The maximum Gasteiger partial charge on any atom is 0.248 e. The molecule has 112 valence electrons. The van der Waals surface area contributed by atoms with E-state index >= 15 is 0 Å². The van der Waals surface area contributed by atoms with Gasteiger partial charge in [-0.2, -0.15) is 0 Å². The molecule has 0 bridgehead atoms. The third kappa shape index (κ3) is 2.13. The van der Waals surface area contributed by atoms with Crippen molar-refractivity contribution in [2.75, 3.05) is 0 Å². The van der Waals surface area contributed by atoms with Crippen LogP contribution in [0.2, 0.25) is 0 Å². The molecule has 0 saturated heterocycles. The van der Waals surface area contributed by atoms with E-state index in [1.165, 1.54) is 6.07 Å². The second-order valence-electron chi connectivity index (χ2n) is 5.94. The predicted molar refractivity (Wildman–Crippen MR) is 87.4 cm³/mol. The molecule has 0 spiro atoms. The van der Waals surface area contributed by atoms with E-state index < -0.39 is 5.91 Å². The number of halogens is 1. The molecule has 0 fully saturated rings. The number of allylic oxidation sites excluding steroid dienone is 4. The zero-order valence-electron chi connectivity index (χ0n) is 12.8. The zero-order valence-corrected chi connectivity index (χ0v) is 12.8. The van der Waals surface area contributed by atoms with Crippen molar-refractivity contribution in [3.05, 3.63) is 69.6 Å². The standard InChI is InChI=1S/C19H18FNO/c1-10-8-15-14(6-7-17(20)16(15)9-10)18-11(2)4-5-13(12(18)3)19(21)22/h5-8H,2,4,9H2,1,3H3,(H2,21,22). The molecule has 3 rings (SSSR count). The average molecular weight is 295 g/mol. The average Bonchev–Trinajstić information content (AvgIpc) is 2.83. The molecule has 1 aromatic carbocycles. The van der Waals surface area contributed by atoms with Gasteiger partial charge in [0.2, 0.25) is 5.91 Å². The fourth-order valence-electron chi connectivity index (χ4n) is 3.33. The highest BCUT2D eigenvalue weighted by atomic mass is 19.1. The van der Waals surface area contributed by atoms with Crippen LogP contribution in [0.1, 0.15) is 37.0 Å².